The van der Waals surface area contributed by atoms with Crippen LogP contribution in [-0.4, -0.2) is 28.9 Å². The van der Waals surface area contributed by atoms with Crippen LogP contribution < -0.4 is 15.8 Å². The summed E-state index contributed by atoms with van der Waals surface area (Å²) in [6.07, 6.45) is 2.69. The fourth-order valence-electron chi connectivity index (χ4n) is 1.60. The van der Waals surface area contributed by atoms with Crippen LogP contribution >= 0.6 is 0 Å². The molecule has 5 nitrogen and oxygen atoms in total. The van der Waals surface area contributed by atoms with E-state index in [1.54, 1.807) is 10.5 Å². The molecule has 0 aliphatic carbocycles. The van der Waals surface area contributed by atoms with Crippen molar-refractivity contribution < 1.29 is 0 Å². The van der Waals surface area contributed by atoms with Gasteiger partial charge in [0.2, 0.25) is 0 Å². The number of hydrogen-bond donors (Lipinski definition) is 2. The Bertz CT molecular complexity index is 325. The monoisotopic (exact) mass is 242 g/mol. The molecular weight excluding hydrogens is 222 g/mol. The lowest BCUT2D eigenvalue weighted by Gasteiger charge is -2.37. The zero-order chi connectivity index (χ0) is 12.1. The summed E-state index contributed by atoms with van der Waals surface area (Å²) < 4.78 is 3.68. The molecule has 1 aromatic rings. The maximum Gasteiger partial charge on any atom is 0.0709 e. The van der Waals surface area contributed by atoms with Crippen molar-refractivity contribution >= 4 is 18.5 Å². The van der Waals surface area contributed by atoms with Crippen molar-refractivity contribution in [2.24, 2.45) is 11.5 Å². The van der Waals surface area contributed by atoms with Gasteiger partial charge in [-0.15, -0.1) is 0 Å². The van der Waals surface area contributed by atoms with E-state index in [4.69, 9.17) is 24.3 Å². The lowest BCUT2D eigenvalue weighted by atomic mass is 10.2. The van der Waals surface area contributed by atoms with Crippen molar-refractivity contribution in [2.75, 3.05) is 17.4 Å². The van der Waals surface area contributed by atoms with Crippen LogP contribution in [0.3, 0.4) is 0 Å². The van der Waals surface area contributed by atoms with Gasteiger partial charge in [0.05, 0.1) is 24.1 Å². The Kier molecular flexibility index (Phi) is 5.11. The Morgan fingerprint density at radius 1 is 1.56 bits per heavy atom. The summed E-state index contributed by atoms with van der Waals surface area (Å²) in [6, 6.07) is 0.135. The van der Waals surface area contributed by atoms with E-state index in [1.807, 2.05) is 11.6 Å². The van der Waals surface area contributed by atoms with Gasteiger partial charge in [0, 0.05) is 19.1 Å². The van der Waals surface area contributed by atoms with Crippen LogP contribution in [0, 0.1) is 0 Å². The highest BCUT2D eigenvalue weighted by molar-refractivity contribution is 7.60. The molecule has 0 spiro atoms. The molecule has 0 saturated heterocycles. The predicted octanol–water partition coefficient (Wildman–Crippen LogP) is 0.0197. The molecule has 0 bridgehead atoms. The minimum atomic E-state index is 0.135. The second-order valence-electron chi connectivity index (χ2n) is 3.75. The largest absolute Gasteiger partial charge is 0.666 e. The summed E-state index contributed by atoms with van der Waals surface area (Å²) >= 11 is 5.35. The lowest BCUT2D eigenvalue weighted by Crippen LogP contribution is -2.34. The number of nitrogens with two attached hydrogens (primary N) is 2. The van der Waals surface area contributed by atoms with Gasteiger partial charge in [0.15, 0.2) is 0 Å². The molecule has 0 aliphatic heterocycles. The first kappa shape index (κ1) is 13.3. The van der Waals surface area contributed by atoms with E-state index in [1.165, 1.54) is 0 Å². The van der Waals surface area contributed by atoms with Gasteiger partial charge in [-0.2, -0.15) is 5.10 Å². The molecule has 1 aromatic heterocycles. The molecule has 0 saturated carbocycles. The average molecular weight is 242 g/mol. The SMILES string of the molecule is CCc1c(N([S-])C(C)CN)cnn1CCN. The van der Waals surface area contributed by atoms with Crippen LogP contribution in [0.1, 0.15) is 19.5 Å². The fourth-order valence-corrected chi connectivity index (χ4v) is 1.84. The van der Waals surface area contributed by atoms with Gasteiger partial charge in [-0.1, -0.05) is 6.92 Å². The number of anilines is 1. The van der Waals surface area contributed by atoms with Gasteiger partial charge in [-0.25, -0.2) is 0 Å². The maximum absolute atomic E-state index is 5.61. The molecule has 1 rings (SSSR count). The van der Waals surface area contributed by atoms with Crippen LogP contribution in [0.15, 0.2) is 6.20 Å². The topological polar surface area (TPSA) is 73.1 Å². The van der Waals surface area contributed by atoms with Crippen LogP contribution in [-0.2, 0) is 25.8 Å². The Balaban J connectivity index is 2.95. The number of rotatable bonds is 6. The van der Waals surface area contributed by atoms with Gasteiger partial charge in [-0.05, 0) is 13.3 Å². The van der Waals surface area contributed by atoms with E-state index in [0.29, 0.717) is 13.1 Å². The highest BCUT2D eigenvalue weighted by Gasteiger charge is 2.11. The highest BCUT2D eigenvalue weighted by Crippen LogP contribution is 2.21. The number of hydrogen-bond acceptors (Lipinski definition) is 5. The van der Waals surface area contributed by atoms with Gasteiger partial charge in [-0.3, -0.25) is 4.68 Å². The van der Waals surface area contributed by atoms with Gasteiger partial charge < -0.3 is 28.6 Å². The minimum absolute atomic E-state index is 0.135. The molecule has 16 heavy (non-hydrogen) atoms. The highest BCUT2D eigenvalue weighted by atomic mass is 32.1. The third-order valence-electron chi connectivity index (χ3n) is 2.58. The molecule has 0 fully saturated rings. The fraction of sp³-hybridized carbons (Fsp3) is 0.700. The van der Waals surface area contributed by atoms with Gasteiger partial charge in [0.1, 0.15) is 0 Å². The Hall–Kier alpha value is -0.720. The van der Waals surface area contributed by atoms with Crippen LogP contribution in [0.4, 0.5) is 5.69 Å². The lowest BCUT2D eigenvalue weighted by molar-refractivity contribution is 0.596. The summed E-state index contributed by atoms with van der Waals surface area (Å²) in [6.45, 7) is 5.94. The summed E-state index contributed by atoms with van der Waals surface area (Å²) in [5, 5.41) is 4.30. The van der Waals surface area contributed by atoms with E-state index < -0.39 is 0 Å². The van der Waals surface area contributed by atoms with Crippen LogP contribution in [0.2, 0.25) is 0 Å². The Morgan fingerprint density at radius 3 is 2.75 bits per heavy atom. The quantitative estimate of drug-likeness (QED) is 0.688. The first-order valence-corrected chi connectivity index (χ1v) is 5.93. The molecule has 1 atom stereocenters. The van der Waals surface area contributed by atoms with Crippen molar-refractivity contribution in [3.05, 3.63) is 11.9 Å². The van der Waals surface area contributed by atoms with Crippen molar-refractivity contribution in [3.63, 3.8) is 0 Å². The second kappa shape index (κ2) is 6.12. The van der Waals surface area contributed by atoms with E-state index in [0.717, 1.165) is 24.3 Å². The standard InChI is InChI=1S/C10H20N5S/c1-3-9-10(15(16)8(2)6-12)7-13-14(9)5-4-11/h7-8H,3-6,11-12H2,1-2H3/q-1. The zero-order valence-corrected chi connectivity index (χ0v) is 10.7. The normalized spacial score (nSPS) is 12.8. The van der Waals surface area contributed by atoms with E-state index in [2.05, 4.69) is 12.0 Å². The summed E-state index contributed by atoms with van der Waals surface area (Å²) in [5.41, 5.74) is 13.2. The minimum Gasteiger partial charge on any atom is -0.666 e. The molecular formula is C10H20N5S-. The van der Waals surface area contributed by atoms with Gasteiger partial charge in [0.25, 0.3) is 0 Å². The molecule has 1 heterocycles. The summed E-state index contributed by atoms with van der Waals surface area (Å²) in [7, 11) is 0. The third kappa shape index (κ3) is 2.69. The van der Waals surface area contributed by atoms with Crippen LogP contribution in [0.5, 0.6) is 0 Å². The molecule has 92 valence electrons. The summed E-state index contributed by atoms with van der Waals surface area (Å²) in [5.74, 6) is 0. The molecule has 6 heteroatoms. The summed E-state index contributed by atoms with van der Waals surface area (Å²) in [4.78, 5) is 0. The first-order valence-electron chi connectivity index (χ1n) is 5.56. The van der Waals surface area contributed by atoms with Crippen molar-refractivity contribution in [1.82, 2.24) is 9.78 Å². The van der Waals surface area contributed by atoms with Crippen LogP contribution in [0.25, 0.3) is 0 Å². The van der Waals surface area contributed by atoms with Crippen molar-refractivity contribution in [1.29, 1.82) is 0 Å². The van der Waals surface area contributed by atoms with E-state index in [-0.39, 0.29) is 6.04 Å². The Labute approximate surface area is 102 Å². The smallest absolute Gasteiger partial charge is 0.0709 e. The molecule has 0 radical (unpaired) electrons. The zero-order valence-electron chi connectivity index (χ0n) is 9.89. The third-order valence-corrected chi connectivity index (χ3v) is 3.14. The van der Waals surface area contributed by atoms with E-state index in [9.17, 15) is 0 Å². The molecule has 0 aliphatic rings. The van der Waals surface area contributed by atoms with Crippen molar-refractivity contribution in [3.8, 4) is 0 Å². The van der Waals surface area contributed by atoms with E-state index >= 15 is 0 Å². The molecule has 1 unspecified atom stereocenters. The maximum atomic E-state index is 5.61. The molecule has 4 N–H and O–H groups in total. The second-order valence-corrected chi connectivity index (χ2v) is 4.15. The number of nitrogens with zero attached hydrogens (tertiary/aromatic N) is 3. The first-order chi connectivity index (χ1) is 7.65. The van der Waals surface area contributed by atoms with Gasteiger partial charge >= 0.3 is 0 Å². The number of aromatic nitrogens is 2. The van der Waals surface area contributed by atoms with Crippen molar-refractivity contribution in [2.45, 2.75) is 32.9 Å². The average Bonchev–Trinajstić information content (AvgIpc) is 2.70. The molecule has 0 amide bonds. The Morgan fingerprint density at radius 2 is 2.25 bits per heavy atom. The predicted molar refractivity (Wildman–Crippen MR) is 69.0 cm³/mol. The molecule has 0 aromatic carbocycles.